The molecule has 0 aliphatic rings. The Balaban J connectivity index is 2.25. The van der Waals surface area contributed by atoms with E-state index in [1.165, 1.54) is 23.3 Å². The van der Waals surface area contributed by atoms with Crippen molar-refractivity contribution in [1.29, 1.82) is 0 Å². The van der Waals surface area contributed by atoms with Crippen LogP contribution in [0.25, 0.3) is 0 Å². The largest absolute Gasteiger partial charge is 0.324 e. The van der Waals surface area contributed by atoms with E-state index in [1.807, 2.05) is 0 Å². The lowest BCUT2D eigenvalue weighted by atomic mass is 9.97. The highest BCUT2D eigenvalue weighted by Crippen LogP contribution is 2.25. The molecule has 2 N–H and O–H groups in total. The SMILES string of the molecule is Cc1cc(C)cc(CC(N)c2cc(F)ccc2Cl)c1. The molecule has 0 bridgehead atoms. The Bertz CT molecular complexity index is 575. The maximum absolute atomic E-state index is 13.3. The summed E-state index contributed by atoms with van der Waals surface area (Å²) in [7, 11) is 0. The quantitative estimate of drug-likeness (QED) is 0.887. The summed E-state index contributed by atoms with van der Waals surface area (Å²) in [5.41, 5.74) is 10.3. The molecule has 100 valence electrons. The molecule has 0 aliphatic carbocycles. The third-order valence-electron chi connectivity index (χ3n) is 3.09. The molecule has 0 heterocycles. The van der Waals surface area contributed by atoms with Gasteiger partial charge in [-0.05, 0) is 49.6 Å². The fourth-order valence-electron chi connectivity index (χ4n) is 2.35. The van der Waals surface area contributed by atoms with E-state index in [-0.39, 0.29) is 11.9 Å². The standard InChI is InChI=1S/C16H17ClFN/c1-10-5-11(2)7-12(6-10)8-16(19)14-9-13(18)3-4-15(14)17/h3-7,9,16H,8,19H2,1-2H3. The third kappa shape index (κ3) is 3.55. The van der Waals surface area contributed by atoms with E-state index < -0.39 is 0 Å². The molecule has 0 saturated heterocycles. The molecule has 1 atom stereocenters. The average molecular weight is 278 g/mol. The first kappa shape index (κ1) is 14.0. The normalized spacial score (nSPS) is 12.5. The van der Waals surface area contributed by atoms with Crippen LogP contribution in [0.5, 0.6) is 0 Å². The van der Waals surface area contributed by atoms with Crippen LogP contribution in [0, 0.1) is 19.7 Å². The van der Waals surface area contributed by atoms with E-state index in [9.17, 15) is 4.39 Å². The van der Waals surface area contributed by atoms with Crippen LogP contribution < -0.4 is 5.73 Å². The van der Waals surface area contributed by atoms with Gasteiger partial charge in [0, 0.05) is 11.1 Å². The van der Waals surface area contributed by atoms with Crippen molar-refractivity contribution in [2.75, 3.05) is 0 Å². The van der Waals surface area contributed by atoms with Gasteiger partial charge < -0.3 is 5.73 Å². The molecular weight excluding hydrogens is 261 g/mol. The van der Waals surface area contributed by atoms with E-state index in [0.29, 0.717) is 17.0 Å². The second kappa shape index (κ2) is 5.72. The molecular formula is C16H17ClFN. The summed E-state index contributed by atoms with van der Waals surface area (Å²) in [5.74, 6) is -0.310. The van der Waals surface area contributed by atoms with Gasteiger partial charge in [-0.15, -0.1) is 0 Å². The minimum Gasteiger partial charge on any atom is -0.324 e. The third-order valence-corrected chi connectivity index (χ3v) is 3.44. The van der Waals surface area contributed by atoms with Gasteiger partial charge >= 0.3 is 0 Å². The fraction of sp³-hybridized carbons (Fsp3) is 0.250. The minimum atomic E-state index is -0.310. The number of hydrogen-bond donors (Lipinski definition) is 1. The van der Waals surface area contributed by atoms with Gasteiger partial charge in [-0.1, -0.05) is 40.9 Å². The van der Waals surface area contributed by atoms with E-state index >= 15 is 0 Å². The Morgan fingerprint density at radius 1 is 1.11 bits per heavy atom. The molecule has 3 heteroatoms. The Kier molecular flexibility index (Phi) is 4.23. The summed E-state index contributed by atoms with van der Waals surface area (Å²) in [5, 5.41) is 0.512. The summed E-state index contributed by atoms with van der Waals surface area (Å²) >= 11 is 6.07. The maximum atomic E-state index is 13.3. The number of hydrogen-bond acceptors (Lipinski definition) is 1. The van der Waals surface area contributed by atoms with Crippen LogP contribution >= 0.6 is 11.6 Å². The highest BCUT2D eigenvalue weighted by atomic mass is 35.5. The number of aryl methyl sites for hydroxylation is 2. The summed E-state index contributed by atoms with van der Waals surface area (Å²) in [4.78, 5) is 0. The lowest BCUT2D eigenvalue weighted by Crippen LogP contribution is -2.14. The molecule has 2 aromatic rings. The maximum Gasteiger partial charge on any atom is 0.123 e. The van der Waals surface area contributed by atoms with E-state index in [2.05, 4.69) is 32.0 Å². The van der Waals surface area contributed by atoms with Crippen LogP contribution in [-0.2, 0) is 6.42 Å². The van der Waals surface area contributed by atoms with Crippen LogP contribution in [-0.4, -0.2) is 0 Å². The van der Waals surface area contributed by atoms with Crippen LogP contribution in [0.4, 0.5) is 4.39 Å². The molecule has 1 nitrogen and oxygen atoms in total. The highest BCUT2D eigenvalue weighted by molar-refractivity contribution is 6.31. The van der Waals surface area contributed by atoms with Crippen molar-refractivity contribution in [3.63, 3.8) is 0 Å². The molecule has 0 fully saturated rings. The first-order valence-corrected chi connectivity index (χ1v) is 6.61. The molecule has 2 aromatic carbocycles. The van der Waals surface area contributed by atoms with Crippen molar-refractivity contribution < 1.29 is 4.39 Å². The monoisotopic (exact) mass is 277 g/mol. The first-order chi connectivity index (χ1) is 8.95. The van der Waals surface area contributed by atoms with Gasteiger partial charge in [-0.3, -0.25) is 0 Å². The molecule has 19 heavy (non-hydrogen) atoms. The molecule has 0 spiro atoms. The zero-order chi connectivity index (χ0) is 14.0. The molecule has 0 amide bonds. The number of nitrogens with two attached hydrogens (primary N) is 1. The van der Waals surface area contributed by atoms with E-state index in [1.54, 1.807) is 6.07 Å². The van der Waals surface area contributed by atoms with Crippen molar-refractivity contribution in [1.82, 2.24) is 0 Å². The van der Waals surface area contributed by atoms with Crippen molar-refractivity contribution in [3.05, 3.63) is 69.5 Å². The van der Waals surface area contributed by atoms with Crippen molar-refractivity contribution >= 4 is 11.6 Å². The highest BCUT2D eigenvalue weighted by Gasteiger charge is 2.12. The number of benzene rings is 2. The predicted molar refractivity (Wildman–Crippen MR) is 78.0 cm³/mol. The van der Waals surface area contributed by atoms with Crippen LogP contribution in [0.15, 0.2) is 36.4 Å². The molecule has 0 aromatic heterocycles. The van der Waals surface area contributed by atoms with Crippen LogP contribution in [0.3, 0.4) is 0 Å². The van der Waals surface area contributed by atoms with Crippen LogP contribution in [0.1, 0.15) is 28.3 Å². The number of rotatable bonds is 3. The van der Waals surface area contributed by atoms with Gasteiger partial charge in [0.1, 0.15) is 5.82 Å². The van der Waals surface area contributed by atoms with Crippen molar-refractivity contribution in [2.45, 2.75) is 26.3 Å². The zero-order valence-corrected chi connectivity index (χ0v) is 11.8. The van der Waals surface area contributed by atoms with Gasteiger partial charge in [0.25, 0.3) is 0 Å². The summed E-state index contributed by atoms with van der Waals surface area (Å²) in [6, 6.07) is 10.3. The first-order valence-electron chi connectivity index (χ1n) is 6.23. The summed E-state index contributed by atoms with van der Waals surface area (Å²) in [6.45, 7) is 4.11. The Hall–Kier alpha value is -1.38. The van der Waals surface area contributed by atoms with Gasteiger partial charge in [0.05, 0.1) is 0 Å². The Morgan fingerprint density at radius 2 is 1.74 bits per heavy atom. The lowest BCUT2D eigenvalue weighted by Gasteiger charge is -2.15. The Labute approximate surface area is 118 Å². The molecule has 0 radical (unpaired) electrons. The zero-order valence-electron chi connectivity index (χ0n) is 11.1. The van der Waals surface area contributed by atoms with E-state index in [0.717, 1.165) is 5.56 Å². The van der Waals surface area contributed by atoms with Gasteiger partial charge in [-0.2, -0.15) is 0 Å². The fourth-order valence-corrected chi connectivity index (χ4v) is 2.61. The van der Waals surface area contributed by atoms with Gasteiger partial charge in [0.15, 0.2) is 0 Å². The van der Waals surface area contributed by atoms with E-state index in [4.69, 9.17) is 17.3 Å². The average Bonchev–Trinajstić information content (AvgIpc) is 2.30. The van der Waals surface area contributed by atoms with Crippen molar-refractivity contribution in [2.24, 2.45) is 5.73 Å². The predicted octanol–water partition coefficient (Wildman–Crippen LogP) is 4.34. The Morgan fingerprint density at radius 3 is 2.37 bits per heavy atom. The molecule has 1 unspecified atom stereocenters. The summed E-state index contributed by atoms with van der Waals surface area (Å²) in [6.07, 6.45) is 0.645. The second-order valence-electron chi connectivity index (χ2n) is 4.97. The topological polar surface area (TPSA) is 26.0 Å². The number of halogens is 2. The molecule has 2 rings (SSSR count). The second-order valence-corrected chi connectivity index (χ2v) is 5.38. The van der Waals surface area contributed by atoms with Crippen LogP contribution in [0.2, 0.25) is 5.02 Å². The lowest BCUT2D eigenvalue weighted by molar-refractivity contribution is 0.618. The van der Waals surface area contributed by atoms with Gasteiger partial charge in [0.2, 0.25) is 0 Å². The smallest absolute Gasteiger partial charge is 0.123 e. The molecule has 0 aliphatic heterocycles. The summed E-state index contributed by atoms with van der Waals surface area (Å²) < 4.78 is 13.3. The molecule has 0 saturated carbocycles. The minimum absolute atomic E-state index is 0.301. The van der Waals surface area contributed by atoms with Crippen molar-refractivity contribution in [3.8, 4) is 0 Å². The van der Waals surface area contributed by atoms with Gasteiger partial charge in [-0.25, -0.2) is 4.39 Å².